The van der Waals surface area contributed by atoms with Gasteiger partial charge in [0.25, 0.3) is 5.92 Å². The van der Waals surface area contributed by atoms with E-state index in [4.69, 9.17) is 4.99 Å². The van der Waals surface area contributed by atoms with Crippen molar-refractivity contribution in [3.63, 3.8) is 0 Å². The van der Waals surface area contributed by atoms with E-state index >= 15 is 4.39 Å². The molecule has 3 unspecified atom stereocenters. The van der Waals surface area contributed by atoms with Gasteiger partial charge in [-0.05, 0) is 37.4 Å². The number of likely N-dealkylation sites (N-methyl/N-ethyl adjacent to an activating group) is 1. The molecule has 2 aromatic carbocycles. The lowest BCUT2D eigenvalue weighted by molar-refractivity contribution is -0.0763. The van der Waals surface area contributed by atoms with Crippen LogP contribution in [0, 0.1) is 5.82 Å². The molecule has 0 fully saturated rings. The van der Waals surface area contributed by atoms with E-state index in [0.717, 1.165) is 23.0 Å². The minimum Gasteiger partial charge on any atom is -0.361 e. The quantitative estimate of drug-likeness (QED) is 0.305. The monoisotopic (exact) mass is 518 g/mol. The highest BCUT2D eigenvalue weighted by Gasteiger charge is 2.42. The first-order valence-electron chi connectivity index (χ1n) is 11.3. The Hall–Kier alpha value is -2.28. The molecule has 0 saturated heterocycles. The molecule has 2 aliphatic heterocycles. The van der Waals surface area contributed by atoms with E-state index in [2.05, 4.69) is 37.7 Å². The first-order chi connectivity index (χ1) is 16.5. The maximum atomic E-state index is 15.2. The lowest BCUT2D eigenvalue weighted by Crippen LogP contribution is -2.44. The molecule has 0 aliphatic carbocycles. The second-order valence-electron chi connectivity index (χ2n) is 8.83. The topological polar surface area (TPSA) is 22.1 Å². The molecule has 186 valence electrons. The van der Waals surface area contributed by atoms with Crippen LogP contribution in [0.4, 0.5) is 18.9 Å². The summed E-state index contributed by atoms with van der Waals surface area (Å²) in [7, 11) is 5.74. The van der Waals surface area contributed by atoms with Crippen molar-refractivity contribution in [3.8, 4) is 0 Å². The second-order valence-corrected chi connectivity index (χ2v) is 10.9. The van der Waals surface area contributed by atoms with Crippen molar-refractivity contribution in [1.29, 1.82) is 0 Å². The van der Waals surface area contributed by atoms with Crippen LogP contribution in [0.1, 0.15) is 30.3 Å². The molecular weight excluding hydrogens is 488 g/mol. The number of aliphatic imine (C=N–C) groups is 1. The third-order valence-electron chi connectivity index (χ3n) is 6.50. The molecule has 0 bridgehead atoms. The first kappa shape index (κ1) is 25.8. The minimum atomic E-state index is -2.95. The number of benzene rings is 2. The van der Waals surface area contributed by atoms with E-state index in [-0.39, 0.29) is 10.9 Å². The van der Waals surface area contributed by atoms with Crippen LogP contribution in [-0.2, 0) is 0 Å². The predicted octanol–water partition coefficient (Wildman–Crippen LogP) is 6.93. The lowest BCUT2D eigenvalue weighted by atomic mass is 10.1. The number of hydrogen-bond acceptors (Lipinski definition) is 5. The zero-order chi connectivity index (χ0) is 25.5. The normalized spacial score (nSPS) is 22.2. The van der Waals surface area contributed by atoms with Gasteiger partial charge in [-0.3, -0.25) is 0 Å². The fourth-order valence-corrected chi connectivity index (χ4v) is 6.78. The molecular formula is C26H30F3N4PS. The zero-order valence-electron chi connectivity index (χ0n) is 20.7. The van der Waals surface area contributed by atoms with Crippen LogP contribution in [0.3, 0.4) is 0 Å². The van der Waals surface area contributed by atoms with E-state index in [1.807, 2.05) is 18.2 Å². The van der Waals surface area contributed by atoms with Crippen LogP contribution in [0.15, 0.2) is 70.2 Å². The van der Waals surface area contributed by atoms with Gasteiger partial charge >= 0.3 is 0 Å². The number of alkyl halides is 2. The Kier molecular flexibility index (Phi) is 7.37. The van der Waals surface area contributed by atoms with E-state index in [1.165, 1.54) is 22.7 Å². The van der Waals surface area contributed by atoms with Crippen LogP contribution < -0.4 is 0 Å². The highest BCUT2D eigenvalue weighted by molar-refractivity contribution is 8.05. The molecule has 2 aliphatic rings. The Morgan fingerprint density at radius 2 is 1.77 bits per heavy atom. The fraction of sp³-hybridized carbons (Fsp3) is 0.346. The van der Waals surface area contributed by atoms with Gasteiger partial charge in [-0.2, -0.15) is 0 Å². The Balaban J connectivity index is 1.62. The van der Waals surface area contributed by atoms with Gasteiger partial charge in [0.1, 0.15) is 17.2 Å². The zero-order valence-corrected chi connectivity index (χ0v) is 22.5. The van der Waals surface area contributed by atoms with Crippen molar-refractivity contribution in [3.05, 3.63) is 82.2 Å². The smallest absolute Gasteiger partial charge is 0.265 e. The van der Waals surface area contributed by atoms with Crippen molar-refractivity contribution in [2.24, 2.45) is 4.99 Å². The van der Waals surface area contributed by atoms with Crippen molar-refractivity contribution in [2.45, 2.75) is 31.2 Å². The van der Waals surface area contributed by atoms with Crippen LogP contribution in [-0.4, -0.2) is 60.1 Å². The van der Waals surface area contributed by atoms with Gasteiger partial charge in [-0.15, -0.1) is 0 Å². The SMILES string of the molecule is CPC(=Nc1ccc(C2=CC(C(C)(F)F)N(C)N2C)c(F)c1)C1=C(C)N(C)C(c2ccccc2)S1. The largest absolute Gasteiger partial charge is 0.361 e. The third-order valence-corrected chi connectivity index (χ3v) is 9.06. The van der Waals surface area contributed by atoms with Gasteiger partial charge in [0.2, 0.25) is 0 Å². The number of thioether (sulfide) groups is 1. The average Bonchev–Trinajstić information content (AvgIpc) is 3.29. The van der Waals surface area contributed by atoms with Crippen LogP contribution >= 0.6 is 20.3 Å². The summed E-state index contributed by atoms with van der Waals surface area (Å²) >= 11 is 1.76. The molecule has 2 heterocycles. The maximum absolute atomic E-state index is 15.2. The van der Waals surface area contributed by atoms with Crippen molar-refractivity contribution in [2.75, 3.05) is 27.8 Å². The van der Waals surface area contributed by atoms with Gasteiger partial charge in [-0.25, -0.2) is 23.2 Å². The molecule has 0 radical (unpaired) electrons. The van der Waals surface area contributed by atoms with Gasteiger partial charge in [0.05, 0.1) is 21.7 Å². The maximum Gasteiger partial charge on any atom is 0.265 e. The number of hydrazine groups is 1. The summed E-state index contributed by atoms with van der Waals surface area (Å²) in [6, 6.07) is 14.0. The van der Waals surface area contributed by atoms with Crippen LogP contribution in [0.2, 0.25) is 0 Å². The van der Waals surface area contributed by atoms with E-state index in [1.54, 1.807) is 43.0 Å². The number of rotatable bonds is 6. The summed E-state index contributed by atoms with van der Waals surface area (Å²) in [5.41, 5.74) is 4.49. The van der Waals surface area contributed by atoms with Crippen molar-refractivity contribution in [1.82, 2.24) is 14.9 Å². The molecule has 0 amide bonds. The number of hydrogen-bond donors (Lipinski definition) is 0. The number of halogens is 3. The summed E-state index contributed by atoms with van der Waals surface area (Å²) in [5.74, 6) is -3.43. The second kappa shape index (κ2) is 10.00. The van der Waals surface area contributed by atoms with Crippen molar-refractivity contribution >= 4 is 37.2 Å². The number of nitrogens with zero attached hydrogens (tertiary/aromatic N) is 4. The Labute approximate surface area is 211 Å². The summed E-state index contributed by atoms with van der Waals surface area (Å²) in [4.78, 5) is 8.16. The van der Waals surface area contributed by atoms with Gasteiger partial charge in [-0.1, -0.05) is 50.7 Å². The highest BCUT2D eigenvalue weighted by atomic mass is 32.2. The minimum absolute atomic E-state index is 0.165. The molecule has 0 saturated carbocycles. The standard InChI is InChI=1S/C26H30F3N4PS/c1-16-23(35-25(31(16)3)17-10-8-7-9-11-17)24(34-6)30-18-12-13-19(20(27)14-18)21-15-22(26(2,28)29)33(5)32(21)4/h7-15,22,25,34H,1-6H3. The van der Waals surface area contributed by atoms with Gasteiger partial charge < -0.3 is 9.91 Å². The first-order valence-corrected chi connectivity index (χ1v) is 13.7. The highest BCUT2D eigenvalue weighted by Crippen LogP contribution is 2.49. The summed E-state index contributed by atoms with van der Waals surface area (Å²) < 4.78 is 43.2. The van der Waals surface area contributed by atoms with Crippen LogP contribution in [0.5, 0.6) is 0 Å². The Bertz CT molecular complexity index is 1190. The number of allylic oxidation sites excluding steroid dienone is 2. The van der Waals surface area contributed by atoms with Gasteiger partial charge in [0.15, 0.2) is 0 Å². The lowest BCUT2D eigenvalue weighted by Gasteiger charge is -2.31. The molecule has 3 atom stereocenters. The Morgan fingerprint density at radius 1 is 1.09 bits per heavy atom. The average molecular weight is 519 g/mol. The van der Waals surface area contributed by atoms with Crippen molar-refractivity contribution < 1.29 is 13.2 Å². The van der Waals surface area contributed by atoms with Crippen LogP contribution in [0.25, 0.3) is 5.70 Å². The molecule has 0 aromatic heterocycles. The molecule has 9 heteroatoms. The summed E-state index contributed by atoms with van der Waals surface area (Å²) in [5, 5.41) is 3.15. The molecule has 4 rings (SSSR count). The van der Waals surface area contributed by atoms with Gasteiger partial charge in [0, 0.05) is 45.4 Å². The van der Waals surface area contributed by atoms with E-state index < -0.39 is 17.8 Å². The van der Waals surface area contributed by atoms with E-state index in [0.29, 0.717) is 20.0 Å². The fourth-order valence-electron chi connectivity index (χ4n) is 4.34. The summed E-state index contributed by atoms with van der Waals surface area (Å²) in [6.07, 6.45) is 1.42. The predicted molar refractivity (Wildman–Crippen MR) is 143 cm³/mol. The van der Waals surface area contributed by atoms with E-state index in [9.17, 15) is 8.78 Å². The molecule has 0 spiro atoms. The molecule has 2 aromatic rings. The Morgan fingerprint density at radius 3 is 2.34 bits per heavy atom. The molecule has 35 heavy (non-hydrogen) atoms. The molecule has 4 nitrogen and oxygen atoms in total. The molecule has 0 N–H and O–H groups in total. The third kappa shape index (κ3) is 5.02. The summed E-state index contributed by atoms with van der Waals surface area (Å²) in [6.45, 7) is 5.03.